The van der Waals surface area contributed by atoms with Crippen molar-refractivity contribution in [1.29, 1.82) is 0 Å². The average molecular weight is 341 g/mol. The first kappa shape index (κ1) is 18.4. The van der Waals surface area contributed by atoms with Crippen molar-refractivity contribution in [3.63, 3.8) is 0 Å². The second-order valence-corrected chi connectivity index (χ2v) is 5.31. The number of nitrogens with one attached hydrogen (secondary N) is 1. The first-order valence-electron chi connectivity index (χ1n) is 8.10. The highest BCUT2D eigenvalue weighted by Crippen LogP contribution is 2.28. The normalized spacial score (nSPS) is 10.5. The van der Waals surface area contributed by atoms with E-state index in [1.165, 1.54) is 6.08 Å². The Morgan fingerprint density at radius 1 is 1.04 bits per heavy atom. The zero-order chi connectivity index (χ0) is 18.1. The lowest BCUT2D eigenvalue weighted by Crippen LogP contribution is -2.07. The minimum atomic E-state index is -0.211. The van der Waals surface area contributed by atoms with Gasteiger partial charge in [0, 0.05) is 11.8 Å². The molecule has 25 heavy (non-hydrogen) atoms. The van der Waals surface area contributed by atoms with Crippen molar-refractivity contribution >= 4 is 17.7 Å². The third kappa shape index (κ3) is 5.57. The van der Waals surface area contributed by atoms with Crippen molar-refractivity contribution in [2.45, 2.75) is 13.3 Å². The Labute approximate surface area is 148 Å². The number of carbonyl (C=O) groups is 1. The quantitative estimate of drug-likeness (QED) is 0.733. The Morgan fingerprint density at radius 3 is 2.40 bits per heavy atom. The summed E-state index contributed by atoms with van der Waals surface area (Å²) < 4.78 is 16.0. The Hall–Kier alpha value is -2.95. The molecule has 0 fully saturated rings. The van der Waals surface area contributed by atoms with E-state index in [9.17, 15) is 4.79 Å². The van der Waals surface area contributed by atoms with Crippen molar-refractivity contribution in [3.8, 4) is 17.2 Å². The van der Waals surface area contributed by atoms with Gasteiger partial charge in [0.25, 0.3) is 0 Å². The second-order valence-electron chi connectivity index (χ2n) is 5.31. The van der Waals surface area contributed by atoms with Crippen LogP contribution >= 0.6 is 0 Å². The summed E-state index contributed by atoms with van der Waals surface area (Å²) in [5.41, 5.74) is 1.56. The lowest BCUT2D eigenvalue weighted by atomic mass is 10.2. The Morgan fingerprint density at radius 2 is 1.76 bits per heavy atom. The monoisotopic (exact) mass is 341 g/mol. The summed E-state index contributed by atoms with van der Waals surface area (Å²) in [7, 11) is 3.16. The summed E-state index contributed by atoms with van der Waals surface area (Å²) in [6.45, 7) is 2.74. The molecular weight excluding hydrogens is 318 g/mol. The van der Waals surface area contributed by atoms with E-state index in [-0.39, 0.29) is 5.91 Å². The van der Waals surface area contributed by atoms with Gasteiger partial charge < -0.3 is 19.5 Å². The third-order valence-electron chi connectivity index (χ3n) is 3.43. The topological polar surface area (TPSA) is 56.8 Å². The molecule has 0 heterocycles. The number of methoxy groups -OCH3 is 2. The molecule has 0 atom stereocenters. The molecule has 132 valence electrons. The molecule has 2 aromatic rings. The molecular formula is C20H23NO4. The lowest BCUT2D eigenvalue weighted by molar-refractivity contribution is -0.111. The van der Waals surface area contributed by atoms with Gasteiger partial charge >= 0.3 is 0 Å². The molecule has 0 aliphatic rings. The van der Waals surface area contributed by atoms with Crippen LogP contribution in [0.4, 0.5) is 5.69 Å². The van der Waals surface area contributed by atoms with Crippen molar-refractivity contribution in [3.05, 3.63) is 54.1 Å². The van der Waals surface area contributed by atoms with Crippen LogP contribution in [0.2, 0.25) is 0 Å². The molecule has 1 N–H and O–H groups in total. The van der Waals surface area contributed by atoms with E-state index in [4.69, 9.17) is 14.2 Å². The SMILES string of the molecule is CCCOc1ccc(NC(=O)/C=C/c2ccc(OC)c(OC)c2)cc1. The predicted molar refractivity (Wildman–Crippen MR) is 99.4 cm³/mol. The van der Waals surface area contributed by atoms with E-state index in [1.54, 1.807) is 26.4 Å². The van der Waals surface area contributed by atoms with Gasteiger partial charge in [0.1, 0.15) is 5.75 Å². The van der Waals surface area contributed by atoms with Gasteiger partial charge in [-0.05, 0) is 54.5 Å². The highest BCUT2D eigenvalue weighted by Gasteiger charge is 2.03. The maximum Gasteiger partial charge on any atom is 0.248 e. The number of ether oxygens (including phenoxy) is 3. The maximum absolute atomic E-state index is 12.0. The predicted octanol–water partition coefficient (Wildman–Crippen LogP) is 4.14. The fourth-order valence-electron chi connectivity index (χ4n) is 2.17. The van der Waals surface area contributed by atoms with Gasteiger partial charge in [0.15, 0.2) is 11.5 Å². The van der Waals surface area contributed by atoms with Gasteiger partial charge in [0.2, 0.25) is 5.91 Å². The van der Waals surface area contributed by atoms with E-state index in [2.05, 4.69) is 12.2 Å². The zero-order valence-electron chi connectivity index (χ0n) is 14.7. The molecule has 0 radical (unpaired) electrons. The van der Waals surface area contributed by atoms with E-state index < -0.39 is 0 Å². The van der Waals surface area contributed by atoms with E-state index in [0.717, 1.165) is 17.7 Å². The molecule has 2 rings (SSSR count). The van der Waals surface area contributed by atoms with E-state index in [1.807, 2.05) is 36.4 Å². The minimum Gasteiger partial charge on any atom is -0.494 e. The molecule has 0 spiro atoms. The lowest BCUT2D eigenvalue weighted by Gasteiger charge is -2.08. The summed E-state index contributed by atoms with van der Waals surface area (Å²) in [5, 5.41) is 2.81. The number of anilines is 1. The van der Waals surface area contributed by atoms with Crippen LogP contribution in [0, 0.1) is 0 Å². The highest BCUT2D eigenvalue weighted by molar-refractivity contribution is 6.01. The van der Waals surface area contributed by atoms with Crippen LogP contribution in [0.3, 0.4) is 0 Å². The molecule has 0 bridgehead atoms. The van der Waals surface area contributed by atoms with Crippen LogP contribution in [0.1, 0.15) is 18.9 Å². The molecule has 2 aromatic carbocycles. The maximum atomic E-state index is 12.0. The van der Waals surface area contributed by atoms with Crippen molar-refractivity contribution in [1.82, 2.24) is 0 Å². The zero-order valence-corrected chi connectivity index (χ0v) is 14.7. The van der Waals surface area contributed by atoms with Crippen molar-refractivity contribution in [2.75, 3.05) is 26.1 Å². The summed E-state index contributed by atoms with van der Waals surface area (Å²) in [6, 6.07) is 12.8. The van der Waals surface area contributed by atoms with Gasteiger partial charge in [-0.25, -0.2) is 0 Å². The summed E-state index contributed by atoms with van der Waals surface area (Å²) >= 11 is 0. The molecule has 0 unspecified atom stereocenters. The first-order valence-corrected chi connectivity index (χ1v) is 8.10. The second kappa shape index (κ2) is 9.37. The first-order chi connectivity index (χ1) is 12.2. The number of amides is 1. The number of hydrogen-bond acceptors (Lipinski definition) is 4. The van der Waals surface area contributed by atoms with Crippen molar-refractivity contribution in [2.24, 2.45) is 0 Å². The smallest absolute Gasteiger partial charge is 0.248 e. The minimum absolute atomic E-state index is 0.211. The summed E-state index contributed by atoms with van der Waals surface area (Å²) in [4.78, 5) is 12.0. The summed E-state index contributed by atoms with van der Waals surface area (Å²) in [5.74, 6) is 1.85. The van der Waals surface area contributed by atoms with Crippen LogP contribution < -0.4 is 19.5 Å². The van der Waals surface area contributed by atoms with Crippen LogP contribution in [0.5, 0.6) is 17.2 Å². The molecule has 0 aromatic heterocycles. The number of hydrogen-bond donors (Lipinski definition) is 1. The molecule has 0 aliphatic carbocycles. The largest absolute Gasteiger partial charge is 0.494 e. The standard InChI is InChI=1S/C20H23NO4/c1-4-13-25-17-9-7-16(8-10-17)21-20(22)12-6-15-5-11-18(23-2)19(14-15)24-3/h5-12,14H,4,13H2,1-3H3,(H,21,22)/b12-6+. The Balaban J connectivity index is 1.96. The fraction of sp³-hybridized carbons (Fsp3) is 0.250. The number of carbonyl (C=O) groups excluding carboxylic acids is 1. The van der Waals surface area contributed by atoms with Crippen LogP contribution in [-0.4, -0.2) is 26.7 Å². The van der Waals surface area contributed by atoms with Crippen LogP contribution in [0.25, 0.3) is 6.08 Å². The highest BCUT2D eigenvalue weighted by atomic mass is 16.5. The van der Waals surface area contributed by atoms with E-state index >= 15 is 0 Å². The number of benzene rings is 2. The van der Waals surface area contributed by atoms with Gasteiger partial charge in [-0.1, -0.05) is 13.0 Å². The third-order valence-corrected chi connectivity index (χ3v) is 3.43. The van der Waals surface area contributed by atoms with E-state index in [0.29, 0.717) is 23.8 Å². The molecule has 1 amide bonds. The molecule has 5 heteroatoms. The molecule has 0 saturated carbocycles. The number of rotatable bonds is 8. The Kier molecular flexibility index (Phi) is 6.89. The molecule has 5 nitrogen and oxygen atoms in total. The van der Waals surface area contributed by atoms with Crippen LogP contribution in [-0.2, 0) is 4.79 Å². The van der Waals surface area contributed by atoms with Gasteiger partial charge in [-0.2, -0.15) is 0 Å². The Bertz CT molecular complexity index is 723. The summed E-state index contributed by atoms with van der Waals surface area (Å²) in [6.07, 6.45) is 4.15. The van der Waals surface area contributed by atoms with Crippen LogP contribution in [0.15, 0.2) is 48.5 Å². The fourth-order valence-corrected chi connectivity index (χ4v) is 2.17. The molecule has 0 saturated heterocycles. The van der Waals surface area contributed by atoms with Crippen molar-refractivity contribution < 1.29 is 19.0 Å². The average Bonchev–Trinajstić information content (AvgIpc) is 2.65. The van der Waals surface area contributed by atoms with Gasteiger partial charge in [-0.3, -0.25) is 4.79 Å². The molecule has 0 aliphatic heterocycles. The van der Waals surface area contributed by atoms with Gasteiger partial charge in [-0.15, -0.1) is 0 Å². The van der Waals surface area contributed by atoms with Gasteiger partial charge in [0.05, 0.1) is 20.8 Å².